The molecule has 1 aliphatic rings. The van der Waals surface area contributed by atoms with Gasteiger partial charge in [0.2, 0.25) is 5.13 Å². The molecule has 2 heterocycles. The molecule has 1 atom stereocenters. The summed E-state index contributed by atoms with van der Waals surface area (Å²) in [5, 5.41) is 0.896. The monoisotopic (exact) mass is 341 g/mol. The van der Waals surface area contributed by atoms with E-state index in [0.717, 1.165) is 29.5 Å². The molecule has 124 valence electrons. The van der Waals surface area contributed by atoms with Crippen LogP contribution in [0.4, 0.5) is 13.9 Å². The normalized spacial score (nSPS) is 18.4. The van der Waals surface area contributed by atoms with Crippen molar-refractivity contribution < 1.29 is 18.3 Å². The van der Waals surface area contributed by atoms with Crippen LogP contribution in [0.5, 0.6) is 5.75 Å². The molecule has 2 aromatic rings. The molecule has 1 aliphatic heterocycles. The van der Waals surface area contributed by atoms with Crippen molar-refractivity contribution in [1.29, 1.82) is 0 Å². The summed E-state index contributed by atoms with van der Waals surface area (Å²) in [5.74, 6) is 0.995. The summed E-state index contributed by atoms with van der Waals surface area (Å²) in [6.45, 7) is 1.22. The molecule has 1 saturated heterocycles. The van der Waals surface area contributed by atoms with E-state index < -0.39 is 6.61 Å². The number of ether oxygens (including phenoxy) is 2. The van der Waals surface area contributed by atoms with E-state index in [4.69, 9.17) is 4.74 Å². The molecule has 23 heavy (non-hydrogen) atoms. The molecule has 8 heteroatoms. The topological polar surface area (TPSA) is 47.5 Å². The highest BCUT2D eigenvalue weighted by Gasteiger charge is 2.24. The van der Waals surface area contributed by atoms with Crippen LogP contribution in [-0.2, 0) is 11.2 Å². The summed E-state index contributed by atoms with van der Waals surface area (Å²) in [7, 11) is 0. The Morgan fingerprint density at radius 3 is 2.83 bits per heavy atom. The van der Waals surface area contributed by atoms with E-state index in [1.165, 1.54) is 23.7 Å². The fourth-order valence-corrected chi connectivity index (χ4v) is 3.19. The lowest BCUT2D eigenvalue weighted by Gasteiger charge is -2.32. The van der Waals surface area contributed by atoms with Crippen molar-refractivity contribution in [3.05, 3.63) is 35.7 Å². The van der Waals surface area contributed by atoms with Gasteiger partial charge in [-0.25, -0.2) is 4.98 Å². The van der Waals surface area contributed by atoms with E-state index in [0.29, 0.717) is 13.2 Å². The molecule has 0 amide bonds. The van der Waals surface area contributed by atoms with Gasteiger partial charge in [-0.3, -0.25) is 0 Å². The second-order valence-corrected chi connectivity index (χ2v) is 5.83. The van der Waals surface area contributed by atoms with Crippen LogP contribution < -0.4 is 9.64 Å². The fourth-order valence-electron chi connectivity index (χ4n) is 2.41. The van der Waals surface area contributed by atoms with Crippen molar-refractivity contribution in [3.8, 4) is 5.75 Å². The van der Waals surface area contributed by atoms with Crippen molar-refractivity contribution in [2.24, 2.45) is 0 Å². The van der Waals surface area contributed by atoms with Crippen LogP contribution in [-0.4, -0.2) is 35.7 Å². The van der Waals surface area contributed by atoms with Crippen molar-refractivity contribution >= 4 is 16.7 Å². The third kappa shape index (κ3) is 3.94. The highest BCUT2D eigenvalue weighted by atomic mass is 32.1. The maximum Gasteiger partial charge on any atom is 0.387 e. The van der Waals surface area contributed by atoms with E-state index in [2.05, 4.69) is 19.0 Å². The number of alkyl halides is 2. The van der Waals surface area contributed by atoms with Gasteiger partial charge in [0.05, 0.1) is 13.2 Å². The van der Waals surface area contributed by atoms with Gasteiger partial charge in [-0.05, 0) is 17.7 Å². The molecular weight excluding hydrogens is 324 g/mol. The Labute approximate surface area is 137 Å². The summed E-state index contributed by atoms with van der Waals surface area (Å²) in [4.78, 5) is 6.65. The van der Waals surface area contributed by atoms with Gasteiger partial charge < -0.3 is 14.4 Å². The van der Waals surface area contributed by atoms with Crippen molar-refractivity contribution in [3.63, 3.8) is 0 Å². The van der Waals surface area contributed by atoms with Crippen LogP contribution in [0.3, 0.4) is 0 Å². The van der Waals surface area contributed by atoms with Crippen LogP contribution in [0.1, 0.15) is 24.4 Å². The van der Waals surface area contributed by atoms with E-state index in [9.17, 15) is 8.78 Å². The Hall–Kier alpha value is -1.80. The first-order chi connectivity index (χ1) is 11.2. The Morgan fingerprint density at radius 2 is 2.17 bits per heavy atom. The summed E-state index contributed by atoms with van der Waals surface area (Å²) >= 11 is 1.39. The van der Waals surface area contributed by atoms with Gasteiger partial charge in [0.25, 0.3) is 0 Å². The predicted octanol–water partition coefficient (Wildman–Crippen LogP) is 3.28. The van der Waals surface area contributed by atoms with Crippen LogP contribution >= 0.6 is 11.5 Å². The van der Waals surface area contributed by atoms with E-state index in [1.807, 2.05) is 6.92 Å². The Kier molecular flexibility index (Phi) is 5.02. The molecule has 1 aromatic heterocycles. The minimum atomic E-state index is -2.81. The number of hydrogen-bond donors (Lipinski definition) is 0. The minimum Gasteiger partial charge on any atom is -0.435 e. The number of benzene rings is 1. The average molecular weight is 341 g/mol. The predicted molar refractivity (Wildman–Crippen MR) is 83.3 cm³/mol. The van der Waals surface area contributed by atoms with Gasteiger partial charge in [0.1, 0.15) is 17.7 Å². The first kappa shape index (κ1) is 16.1. The fraction of sp³-hybridized carbons (Fsp3) is 0.467. The molecule has 0 bridgehead atoms. The number of aromatic nitrogens is 2. The third-order valence-corrected chi connectivity index (χ3v) is 4.40. The minimum absolute atomic E-state index is 0.127. The molecule has 5 nitrogen and oxygen atoms in total. The number of nitrogens with zero attached hydrogens (tertiary/aromatic N) is 3. The molecule has 1 unspecified atom stereocenters. The zero-order valence-electron chi connectivity index (χ0n) is 12.6. The smallest absolute Gasteiger partial charge is 0.387 e. The van der Waals surface area contributed by atoms with Gasteiger partial charge in [-0.2, -0.15) is 13.2 Å². The first-order valence-electron chi connectivity index (χ1n) is 7.39. The maximum absolute atomic E-state index is 12.2. The lowest BCUT2D eigenvalue weighted by atomic mass is 10.1. The van der Waals surface area contributed by atoms with Crippen molar-refractivity contribution in [2.45, 2.75) is 26.1 Å². The summed E-state index contributed by atoms with van der Waals surface area (Å²) in [6.07, 6.45) is 0.689. The van der Waals surface area contributed by atoms with Crippen molar-refractivity contribution in [1.82, 2.24) is 9.36 Å². The van der Waals surface area contributed by atoms with Gasteiger partial charge in [0, 0.05) is 24.5 Å². The first-order valence-corrected chi connectivity index (χ1v) is 8.17. The molecule has 0 N–H and O–H groups in total. The number of aryl methyl sites for hydroxylation is 1. The third-order valence-electron chi connectivity index (χ3n) is 3.59. The van der Waals surface area contributed by atoms with E-state index in [-0.39, 0.29) is 11.9 Å². The molecular formula is C15H17F2N3O2S. The molecule has 0 spiro atoms. The second-order valence-electron chi connectivity index (χ2n) is 5.10. The standard InChI is InChI=1S/C15H17F2N3O2S/c1-2-13-18-15(23-19-13)20-7-8-21-12(9-20)10-3-5-11(6-4-10)22-14(16)17/h3-6,12,14H,2,7-9H2,1H3. The number of anilines is 1. The van der Waals surface area contributed by atoms with Gasteiger partial charge in [-0.15, -0.1) is 0 Å². The molecule has 0 radical (unpaired) electrons. The van der Waals surface area contributed by atoms with E-state index in [1.54, 1.807) is 12.1 Å². The SMILES string of the molecule is CCc1nsc(N2CCOC(c3ccc(OC(F)F)cc3)C2)n1. The lowest BCUT2D eigenvalue weighted by molar-refractivity contribution is -0.0498. The van der Waals surface area contributed by atoms with Crippen LogP contribution in [0.2, 0.25) is 0 Å². The number of rotatable bonds is 5. The highest BCUT2D eigenvalue weighted by molar-refractivity contribution is 7.09. The zero-order valence-corrected chi connectivity index (χ0v) is 13.4. The maximum atomic E-state index is 12.2. The molecule has 0 saturated carbocycles. The number of morpholine rings is 1. The van der Waals surface area contributed by atoms with Gasteiger partial charge >= 0.3 is 6.61 Å². The zero-order chi connectivity index (χ0) is 16.2. The van der Waals surface area contributed by atoms with Crippen molar-refractivity contribution in [2.75, 3.05) is 24.6 Å². The quantitative estimate of drug-likeness (QED) is 0.835. The van der Waals surface area contributed by atoms with Crippen LogP contribution in [0, 0.1) is 0 Å². The molecule has 1 fully saturated rings. The number of halogens is 2. The largest absolute Gasteiger partial charge is 0.435 e. The highest BCUT2D eigenvalue weighted by Crippen LogP contribution is 2.28. The van der Waals surface area contributed by atoms with Gasteiger partial charge in [-0.1, -0.05) is 19.1 Å². The second kappa shape index (κ2) is 7.18. The summed E-state index contributed by atoms with van der Waals surface area (Å²) in [5.41, 5.74) is 0.927. The Balaban J connectivity index is 1.68. The molecule has 0 aliphatic carbocycles. The molecule has 3 rings (SSSR count). The number of hydrogen-bond acceptors (Lipinski definition) is 6. The lowest BCUT2D eigenvalue weighted by Crippen LogP contribution is -2.38. The average Bonchev–Trinajstić information content (AvgIpc) is 3.04. The molecule has 1 aromatic carbocycles. The summed E-state index contributed by atoms with van der Waals surface area (Å²) < 4.78 is 38.8. The van der Waals surface area contributed by atoms with E-state index >= 15 is 0 Å². The van der Waals surface area contributed by atoms with Gasteiger partial charge in [0.15, 0.2) is 0 Å². The Bertz CT molecular complexity index is 636. The van der Waals surface area contributed by atoms with Crippen LogP contribution in [0.25, 0.3) is 0 Å². The summed E-state index contributed by atoms with van der Waals surface area (Å²) in [6, 6.07) is 6.57. The Morgan fingerprint density at radius 1 is 1.39 bits per heavy atom. The van der Waals surface area contributed by atoms with Crippen LogP contribution in [0.15, 0.2) is 24.3 Å².